The molecule has 0 saturated carbocycles. The number of aliphatic hydroxyl groups excluding tert-OH is 1. The van der Waals surface area contributed by atoms with E-state index < -0.39 is 26.6 Å². The Morgan fingerprint density at radius 3 is 1.41 bits per heavy atom. The fourth-order valence-corrected chi connectivity index (χ4v) is 7.82. The van der Waals surface area contributed by atoms with Gasteiger partial charge in [-0.25, -0.2) is 0 Å². The first-order valence-corrected chi connectivity index (χ1v) is 28.1. The van der Waals surface area contributed by atoms with E-state index in [1.807, 2.05) is 27.2 Å². The van der Waals surface area contributed by atoms with Crippen molar-refractivity contribution in [2.45, 2.75) is 219 Å². The lowest BCUT2D eigenvalue weighted by Gasteiger charge is -2.29. The third kappa shape index (κ3) is 49.3. The molecule has 1 amide bonds. The van der Waals surface area contributed by atoms with Crippen LogP contribution in [0.4, 0.5) is 0 Å². The molecule has 0 aliphatic rings. The minimum atomic E-state index is -4.62. The highest BCUT2D eigenvalue weighted by Gasteiger charge is 2.23. The lowest BCUT2D eigenvalue weighted by Crippen LogP contribution is -2.45. The molecule has 380 valence electrons. The number of quaternary nitrogens is 1. The van der Waals surface area contributed by atoms with Crippen LogP contribution in [0.15, 0.2) is 97.2 Å². The van der Waals surface area contributed by atoms with Crippen LogP contribution in [0.25, 0.3) is 0 Å². The van der Waals surface area contributed by atoms with Crippen LogP contribution in [0.2, 0.25) is 0 Å². The Balaban J connectivity index is 4.43. The van der Waals surface area contributed by atoms with E-state index in [1.165, 1.54) is 89.9 Å². The fraction of sp³-hybridized carbons (Fsp3) is 0.702. The zero-order valence-corrected chi connectivity index (χ0v) is 44.0. The van der Waals surface area contributed by atoms with Gasteiger partial charge in [-0.2, -0.15) is 0 Å². The first-order chi connectivity index (χ1) is 32.0. The molecule has 0 aromatic carbocycles. The summed E-state index contributed by atoms with van der Waals surface area (Å²) < 4.78 is 23.3. The molecule has 8 nitrogen and oxygen atoms in total. The summed E-state index contributed by atoms with van der Waals surface area (Å²) in [5.74, 6) is -0.233. The Morgan fingerprint density at radius 2 is 0.939 bits per heavy atom. The van der Waals surface area contributed by atoms with Gasteiger partial charge in [0.15, 0.2) is 0 Å². The van der Waals surface area contributed by atoms with Gasteiger partial charge in [0, 0.05) is 6.42 Å². The van der Waals surface area contributed by atoms with Gasteiger partial charge in [0.25, 0.3) is 7.82 Å². The number of hydrogen-bond donors (Lipinski definition) is 2. The number of carbonyl (C=O) groups excluding carboxylic acids is 1. The molecule has 0 radical (unpaired) electrons. The lowest BCUT2D eigenvalue weighted by atomic mass is 10.0. The molecule has 0 spiro atoms. The molecule has 3 atom stereocenters. The molecular weight excluding hydrogens is 840 g/mol. The Kier molecular flexibility index (Phi) is 45.6. The van der Waals surface area contributed by atoms with Gasteiger partial charge < -0.3 is 28.8 Å². The number of phosphoric acid groups is 1. The minimum absolute atomic E-state index is 0.0185. The molecule has 0 bridgehead atoms. The van der Waals surface area contributed by atoms with Crippen molar-refractivity contribution in [3.05, 3.63) is 97.2 Å². The molecule has 66 heavy (non-hydrogen) atoms. The number of nitrogens with zero attached hydrogens (tertiary/aromatic N) is 1. The molecule has 0 saturated heterocycles. The van der Waals surface area contributed by atoms with Gasteiger partial charge in [-0.05, 0) is 89.9 Å². The van der Waals surface area contributed by atoms with E-state index in [0.29, 0.717) is 17.4 Å². The third-order valence-electron chi connectivity index (χ3n) is 11.3. The van der Waals surface area contributed by atoms with Crippen LogP contribution in [-0.2, 0) is 18.4 Å². The molecule has 0 aliphatic heterocycles. The largest absolute Gasteiger partial charge is 0.756 e. The van der Waals surface area contributed by atoms with Crippen molar-refractivity contribution >= 4 is 13.7 Å². The van der Waals surface area contributed by atoms with E-state index in [2.05, 4.69) is 104 Å². The summed E-state index contributed by atoms with van der Waals surface area (Å²) >= 11 is 0. The summed E-state index contributed by atoms with van der Waals surface area (Å²) in [4.78, 5) is 25.4. The normalized spacial score (nSPS) is 14.8. The van der Waals surface area contributed by atoms with Gasteiger partial charge in [0.1, 0.15) is 13.2 Å². The van der Waals surface area contributed by atoms with Crippen LogP contribution in [0.5, 0.6) is 0 Å². The maximum atomic E-state index is 12.9. The summed E-state index contributed by atoms with van der Waals surface area (Å²) in [6.45, 7) is 4.48. The SMILES string of the molecule is CC/C=C\C/C=C\C/C=C\C/C=C\C/C=C\CCCCCCCC(=O)NC(COP(=O)([O-])OCC[N+](C)(C)C)C(O)/C=C/CC/C=C/CC/C=C/CCCCCCCCCCCCCCC. The molecule has 0 aromatic heterocycles. The zero-order chi connectivity index (χ0) is 48.5. The number of likely N-dealkylation sites (N-methyl/N-ethyl adjacent to an activating group) is 1. The second-order valence-corrected chi connectivity index (χ2v) is 20.2. The van der Waals surface area contributed by atoms with Crippen molar-refractivity contribution in [1.82, 2.24) is 5.32 Å². The number of phosphoric ester groups is 1. The molecule has 0 rings (SSSR count). The van der Waals surface area contributed by atoms with E-state index in [9.17, 15) is 19.4 Å². The van der Waals surface area contributed by atoms with E-state index in [4.69, 9.17) is 9.05 Å². The summed E-state index contributed by atoms with van der Waals surface area (Å²) in [6, 6.07) is -0.927. The predicted molar refractivity (Wildman–Crippen MR) is 283 cm³/mol. The van der Waals surface area contributed by atoms with Gasteiger partial charge in [-0.15, -0.1) is 0 Å². The highest BCUT2D eigenvalue weighted by Crippen LogP contribution is 2.38. The molecule has 3 unspecified atom stereocenters. The summed E-state index contributed by atoms with van der Waals surface area (Å²) in [5, 5.41) is 13.8. The van der Waals surface area contributed by atoms with Gasteiger partial charge in [0.2, 0.25) is 5.91 Å². The van der Waals surface area contributed by atoms with Crippen LogP contribution in [0.1, 0.15) is 206 Å². The second kappa shape index (κ2) is 47.5. The van der Waals surface area contributed by atoms with Crippen molar-refractivity contribution in [2.24, 2.45) is 0 Å². The first kappa shape index (κ1) is 63.4. The first-order valence-electron chi connectivity index (χ1n) is 26.6. The highest BCUT2D eigenvalue weighted by molar-refractivity contribution is 7.45. The number of unbranched alkanes of at least 4 members (excludes halogenated alkanes) is 20. The molecule has 2 N–H and O–H groups in total. The highest BCUT2D eigenvalue weighted by atomic mass is 31.2. The monoisotopic (exact) mass is 941 g/mol. The predicted octanol–water partition coefficient (Wildman–Crippen LogP) is 15.2. The van der Waals surface area contributed by atoms with Crippen molar-refractivity contribution in [2.75, 3.05) is 40.9 Å². The van der Waals surface area contributed by atoms with Crippen LogP contribution in [0, 0.1) is 0 Å². The van der Waals surface area contributed by atoms with E-state index in [1.54, 1.807) is 6.08 Å². The maximum Gasteiger partial charge on any atom is 0.268 e. The van der Waals surface area contributed by atoms with Crippen molar-refractivity contribution in [3.63, 3.8) is 0 Å². The smallest absolute Gasteiger partial charge is 0.268 e. The van der Waals surface area contributed by atoms with Gasteiger partial charge in [-0.3, -0.25) is 9.36 Å². The summed E-state index contributed by atoms with van der Waals surface area (Å²) in [7, 11) is 1.21. The standard InChI is InChI=1S/C57H101N2O6P/c1-6-8-10-12-14-16-18-20-22-24-26-28-29-31-32-34-36-38-40-42-44-46-48-50-56(60)55(54-65-66(62,63)64-53-52-59(3,4)5)58-57(61)51-49-47-45-43-41-39-37-35-33-30-27-25-23-21-19-17-15-13-11-9-7-2/h9,11,15,17,21,23,27,30,32,34-35,37,40,42,48,50,55-56,60H,6-8,10,12-14,16,18-20,22,24-26,28-29,31,33,36,38-39,41,43-47,49,51-54H2,1-5H3,(H-,58,61,62,63)/b11-9-,17-15-,23-21-,30-27-,34-32+,37-35-,42-40+,50-48+. The topological polar surface area (TPSA) is 108 Å². The number of hydrogen-bond acceptors (Lipinski definition) is 6. The number of allylic oxidation sites excluding steroid dienone is 15. The van der Waals surface area contributed by atoms with Gasteiger partial charge in [0.05, 0.1) is 39.9 Å². The molecule has 0 heterocycles. The molecule has 0 aromatic rings. The van der Waals surface area contributed by atoms with Gasteiger partial charge in [-0.1, -0.05) is 207 Å². The molecular formula is C57H101N2O6P. The average molecular weight is 941 g/mol. The molecule has 0 fully saturated rings. The van der Waals surface area contributed by atoms with E-state index in [-0.39, 0.29) is 12.5 Å². The van der Waals surface area contributed by atoms with Crippen LogP contribution in [-0.4, -0.2) is 68.5 Å². The summed E-state index contributed by atoms with van der Waals surface area (Å²) in [6.07, 6.45) is 67.6. The number of aliphatic hydroxyl groups is 1. The maximum absolute atomic E-state index is 12.9. The number of rotatable bonds is 47. The fourth-order valence-electron chi connectivity index (χ4n) is 7.09. The van der Waals surface area contributed by atoms with Crippen LogP contribution >= 0.6 is 7.82 Å². The van der Waals surface area contributed by atoms with E-state index in [0.717, 1.165) is 96.3 Å². The lowest BCUT2D eigenvalue weighted by molar-refractivity contribution is -0.870. The Hall–Kier alpha value is -2.58. The van der Waals surface area contributed by atoms with Crippen molar-refractivity contribution in [1.29, 1.82) is 0 Å². The van der Waals surface area contributed by atoms with Crippen LogP contribution < -0.4 is 10.2 Å². The average Bonchev–Trinajstić information content (AvgIpc) is 3.28. The van der Waals surface area contributed by atoms with Crippen molar-refractivity contribution < 1.29 is 32.9 Å². The number of amides is 1. The number of nitrogens with one attached hydrogen (secondary N) is 1. The van der Waals surface area contributed by atoms with Crippen molar-refractivity contribution in [3.8, 4) is 0 Å². The Morgan fingerprint density at radius 1 is 0.545 bits per heavy atom. The summed E-state index contributed by atoms with van der Waals surface area (Å²) in [5.41, 5.74) is 0. The number of carbonyl (C=O) groups is 1. The second-order valence-electron chi connectivity index (χ2n) is 18.8. The van der Waals surface area contributed by atoms with Gasteiger partial charge >= 0.3 is 0 Å². The Bertz CT molecular complexity index is 1390. The third-order valence-corrected chi connectivity index (χ3v) is 12.2. The zero-order valence-electron chi connectivity index (χ0n) is 43.1. The minimum Gasteiger partial charge on any atom is -0.756 e. The Labute approximate surface area is 407 Å². The van der Waals surface area contributed by atoms with E-state index >= 15 is 0 Å². The quantitative estimate of drug-likeness (QED) is 0.0272. The molecule has 0 aliphatic carbocycles. The molecule has 9 heteroatoms. The van der Waals surface area contributed by atoms with Crippen LogP contribution in [0.3, 0.4) is 0 Å².